The van der Waals surface area contributed by atoms with Crippen LogP contribution in [0.5, 0.6) is 11.5 Å². The van der Waals surface area contributed by atoms with Gasteiger partial charge in [-0.2, -0.15) is 0 Å². The number of carbonyl (C=O) groups is 2. The number of hydrogen-bond acceptors (Lipinski definition) is 5. The standard InChI is InChI=1S/C27H24INO4S/c1-17-7-9-19(10-8-17)16-33-25-22(28)12-21(13-23(25)32-3)14-24-26(30)29(27(31)34-24)15-20-6-4-5-18(2)11-20/h4-14H,15-16H2,1-3H3/b24-14-. The van der Waals surface area contributed by atoms with Crippen molar-refractivity contribution >= 4 is 51.6 Å². The van der Waals surface area contributed by atoms with Gasteiger partial charge in [0.15, 0.2) is 11.5 Å². The van der Waals surface area contributed by atoms with Gasteiger partial charge in [0.05, 0.1) is 22.1 Å². The molecule has 1 aliphatic rings. The Hall–Kier alpha value is -2.78. The molecule has 0 unspecified atom stereocenters. The summed E-state index contributed by atoms with van der Waals surface area (Å²) in [7, 11) is 1.59. The Morgan fingerprint density at radius 2 is 1.74 bits per heavy atom. The van der Waals surface area contributed by atoms with Crippen molar-refractivity contribution in [1.82, 2.24) is 4.90 Å². The Kier molecular flexibility index (Phi) is 7.63. The van der Waals surface area contributed by atoms with Crippen LogP contribution < -0.4 is 9.47 Å². The maximum atomic E-state index is 13.0. The van der Waals surface area contributed by atoms with E-state index in [2.05, 4.69) is 34.7 Å². The van der Waals surface area contributed by atoms with Gasteiger partial charge in [-0.3, -0.25) is 14.5 Å². The smallest absolute Gasteiger partial charge is 0.293 e. The molecule has 1 saturated heterocycles. The molecule has 0 bridgehead atoms. The van der Waals surface area contributed by atoms with Crippen LogP contribution in [-0.2, 0) is 17.9 Å². The van der Waals surface area contributed by atoms with Gasteiger partial charge in [-0.1, -0.05) is 59.7 Å². The lowest BCUT2D eigenvalue weighted by Gasteiger charge is -2.14. The lowest BCUT2D eigenvalue weighted by molar-refractivity contribution is -0.123. The van der Waals surface area contributed by atoms with E-state index in [0.717, 1.165) is 37.6 Å². The summed E-state index contributed by atoms with van der Waals surface area (Å²) in [5.74, 6) is 0.933. The van der Waals surface area contributed by atoms with Crippen molar-refractivity contribution < 1.29 is 19.1 Å². The topological polar surface area (TPSA) is 55.8 Å². The summed E-state index contributed by atoms with van der Waals surface area (Å²) in [6.07, 6.45) is 1.73. The molecule has 3 aromatic carbocycles. The average Bonchev–Trinajstić information content (AvgIpc) is 3.06. The summed E-state index contributed by atoms with van der Waals surface area (Å²) >= 11 is 3.15. The van der Waals surface area contributed by atoms with Crippen molar-refractivity contribution in [2.75, 3.05) is 7.11 Å². The minimum absolute atomic E-state index is 0.260. The molecule has 0 N–H and O–H groups in total. The van der Waals surface area contributed by atoms with E-state index in [1.807, 2.05) is 62.4 Å². The molecule has 7 heteroatoms. The lowest BCUT2D eigenvalue weighted by atomic mass is 10.1. The molecular weight excluding hydrogens is 561 g/mol. The summed E-state index contributed by atoms with van der Waals surface area (Å²) in [6, 6.07) is 19.7. The minimum Gasteiger partial charge on any atom is -0.493 e. The molecule has 3 aromatic rings. The van der Waals surface area contributed by atoms with Crippen molar-refractivity contribution in [1.29, 1.82) is 0 Å². The van der Waals surface area contributed by atoms with E-state index in [0.29, 0.717) is 23.0 Å². The third-order valence-electron chi connectivity index (χ3n) is 5.35. The highest BCUT2D eigenvalue weighted by molar-refractivity contribution is 14.1. The van der Waals surface area contributed by atoms with Gasteiger partial charge in [0.1, 0.15) is 6.61 Å². The van der Waals surface area contributed by atoms with E-state index in [1.54, 1.807) is 13.2 Å². The minimum atomic E-state index is -0.287. The van der Waals surface area contributed by atoms with Crippen molar-refractivity contribution in [2.24, 2.45) is 0 Å². The number of aryl methyl sites for hydroxylation is 2. The first-order valence-corrected chi connectivity index (χ1v) is 12.6. The molecule has 5 nitrogen and oxygen atoms in total. The number of hydrogen-bond donors (Lipinski definition) is 0. The molecule has 0 radical (unpaired) electrons. The number of halogens is 1. The zero-order valence-electron chi connectivity index (χ0n) is 19.1. The van der Waals surface area contributed by atoms with Crippen molar-refractivity contribution in [2.45, 2.75) is 27.0 Å². The van der Waals surface area contributed by atoms with Crippen LogP contribution in [0.4, 0.5) is 4.79 Å². The quantitative estimate of drug-likeness (QED) is 0.227. The van der Waals surface area contributed by atoms with Gasteiger partial charge in [-0.15, -0.1) is 0 Å². The van der Waals surface area contributed by atoms with E-state index in [9.17, 15) is 9.59 Å². The highest BCUT2D eigenvalue weighted by atomic mass is 127. The third kappa shape index (κ3) is 5.64. The maximum absolute atomic E-state index is 13.0. The van der Waals surface area contributed by atoms with Gasteiger partial charge >= 0.3 is 0 Å². The number of ether oxygens (including phenoxy) is 2. The monoisotopic (exact) mass is 585 g/mol. The highest BCUT2D eigenvalue weighted by Gasteiger charge is 2.35. The molecule has 1 fully saturated rings. The predicted molar refractivity (Wildman–Crippen MR) is 144 cm³/mol. The second kappa shape index (κ2) is 10.7. The molecule has 0 aliphatic carbocycles. The van der Waals surface area contributed by atoms with Crippen LogP contribution in [0.15, 0.2) is 65.6 Å². The average molecular weight is 585 g/mol. The first kappa shape index (κ1) is 24.3. The molecule has 0 aromatic heterocycles. The second-order valence-corrected chi connectivity index (χ2v) is 10.2. The van der Waals surface area contributed by atoms with Crippen LogP contribution in [0.1, 0.15) is 27.8 Å². The fraction of sp³-hybridized carbons (Fsp3) is 0.185. The number of thioether (sulfide) groups is 1. The fourth-order valence-corrected chi connectivity index (χ4v) is 5.20. The second-order valence-electron chi connectivity index (χ2n) is 8.07. The van der Waals surface area contributed by atoms with Gasteiger partial charge in [-0.25, -0.2) is 0 Å². The van der Waals surface area contributed by atoms with Crippen molar-refractivity contribution in [3.8, 4) is 11.5 Å². The molecule has 1 heterocycles. The largest absolute Gasteiger partial charge is 0.493 e. The highest BCUT2D eigenvalue weighted by Crippen LogP contribution is 2.38. The van der Waals surface area contributed by atoms with Crippen LogP contribution in [0, 0.1) is 17.4 Å². The summed E-state index contributed by atoms with van der Waals surface area (Å²) in [6.45, 7) is 4.72. The number of nitrogens with zero attached hydrogens (tertiary/aromatic N) is 1. The molecule has 0 spiro atoms. The van der Waals surface area contributed by atoms with Gasteiger partial charge in [0.25, 0.3) is 11.1 Å². The summed E-state index contributed by atoms with van der Waals surface area (Å²) < 4.78 is 12.5. The summed E-state index contributed by atoms with van der Waals surface area (Å²) in [5, 5.41) is -0.266. The fourth-order valence-electron chi connectivity index (χ4n) is 3.58. The predicted octanol–water partition coefficient (Wildman–Crippen LogP) is 6.73. The number of imide groups is 1. The van der Waals surface area contributed by atoms with Crippen LogP contribution in [0.2, 0.25) is 0 Å². The van der Waals surface area contributed by atoms with Gasteiger partial charge in [0, 0.05) is 0 Å². The Morgan fingerprint density at radius 1 is 0.971 bits per heavy atom. The summed E-state index contributed by atoms with van der Waals surface area (Å²) in [4.78, 5) is 27.2. The van der Waals surface area contributed by atoms with E-state index in [1.165, 1.54) is 10.5 Å². The number of benzene rings is 3. The molecule has 174 valence electrons. The molecule has 34 heavy (non-hydrogen) atoms. The first-order valence-electron chi connectivity index (χ1n) is 10.7. The van der Waals surface area contributed by atoms with Crippen LogP contribution in [0.25, 0.3) is 6.08 Å². The lowest BCUT2D eigenvalue weighted by Crippen LogP contribution is -2.27. The molecule has 4 rings (SSSR count). The maximum Gasteiger partial charge on any atom is 0.293 e. The zero-order valence-corrected chi connectivity index (χ0v) is 22.1. The van der Waals surface area contributed by atoms with E-state index >= 15 is 0 Å². The Bertz CT molecular complexity index is 1270. The van der Waals surface area contributed by atoms with Gasteiger partial charge in [0.2, 0.25) is 0 Å². The molecule has 2 amide bonds. The number of amides is 2. The van der Waals surface area contributed by atoms with Gasteiger partial charge < -0.3 is 9.47 Å². The van der Waals surface area contributed by atoms with E-state index in [4.69, 9.17) is 9.47 Å². The molecule has 0 saturated carbocycles. The van der Waals surface area contributed by atoms with Crippen molar-refractivity contribution in [3.05, 3.63) is 97.0 Å². The van der Waals surface area contributed by atoms with Crippen LogP contribution in [0.3, 0.4) is 0 Å². The normalized spacial score (nSPS) is 14.7. The molecular formula is C27H24INO4S. The third-order valence-corrected chi connectivity index (χ3v) is 7.06. The Balaban J connectivity index is 1.53. The van der Waals surface area contributed by atoms with Crippen molar-refractivity contribution in [3.63, 3.8) is 0 Å². The number of methoxy groups -OCH3 is 1. The first-order chi connectivity index (χ1) is 16.3. The van der Waals surface area contributed by atoms with E-state index < -0.39 is 0 Å². The van der Waals surface area contributed by atoms with Gasteiger partial charge in [-0.05, 0) is 83.1 Å². The zero-order chi connectivity index (χ0) is 24.2. The van der Waals surface area contributed by atoms with Crippen LogP contribution >= 0.6 is 34.4 Å². The number of rotatable bonds is 7. The van der Waals surface area contributed by atoms with E-state index in [-0.39, 0.29) is 17.7 Å². The SMILES string of the molecule is COc1cc(/C=C2\SC(=O)N(Cc3cccc(C)c3)C2=O)cc(I)c1OCc1ccc(C)cc1. The molecule has 1 aliphatic heterocycles. The van der Waals surface area contributed by atoms with Crippen LogP contribution in [-0.4, -0.2) is 23.2 Å². The Labute approximate surface area is 217 Å². The molecule has 0 atom stereocenters. The Morgan fingerprint density at radius 3 is 2.44 bits per heavy atom. The summed E-state index contributed by atoms with van der Waals surface area (Å²) in [5.41, 5.74) is 5.05. The number of carbonyl (C=O) groups excluding carboxylic acids is 2.